The summed E-state index contributed by atoms with van der Waals surface area (Å²) in [6.45, 7) is 4.11. The second kappa shape index (κ2) is 7.82. The molecule has 0 spiro atoms. The summed E-state index contributed by atoms with van der Waals surface area (Å²) >= 11 is 1.46. The van der Waals surface area contributed by atoms with Gasteiger partial charge in [-0.25, -0.2) is 8.42 Å². The van der Waals surface area contributed by atoms with Crippen LogP contribution in [0.5, 0.6) is 0 Å². The maximum Gasteiger partial charge on any atom is 0.248 e. The summed E-state index contributed by atoms with van der Waals surface area (Å²) in [4.78, 5) is 19.0. The van der Waals surface area contributed by atoms with Crippen molar-refractivity contribution in [2.75, 3.05) is 16.4 Å². The number of amides is 1. The number of fused-ring (bicyclic) bond motifs is 1. The lowest BCUT2D eigenvalue weighted by atomic mass is 10.0. The first-order valence-corrected chi connectivity index (χ1v) is 12.9. The van der Waals surface area contributed by atoms with E-state index in [0.29, 0.717) is 17.5 Å². The molecule has 2 saturated heterocycles. The molecule has 2 aliphatic heterocycles. The summed E-state index contributed by atoms with van der Waals surface area (Å²) in [5, 5.41) is 0.623. The molecule has 0 N–H and O–H groups in total. The monoisotopic (exact) mass is 420 g/mol. The fourth-order valence-electron chi connectivity index (χ4n) is 4.53. The quantitative estimate of drug-likeness (QED) is 0.740. The second-order valence-corrected chi connectivity index (χ2v) is 11.8. The molecule has 0 bridgehead atoms. The lowest BCUT2D eigenvalue weighted by Crippen LogP contribution is -2.37. The Morgan fingerprint density at radius 1 is 1.18 bits per heavy atom. The molecule has 2 atom stereocenters. The molecule has 1 amide bonds. The molecule has 1 aromatic rings. The van der Waals surface area contributed by atoms with Gasteiger partial charge in [-0.05, 0) is 49.4 Å². The molecule has 3 fully saturated rings. The number of anilines is 1. The highest BCUT2D eigenvalue weighted by Gasteiger charge is 2.49. The van der Waals surface area contributed by atoms with Crippen LogP contribution in [0.25, 0.3) is 0 Å². The van der Waals surface area contributed by atoms with Gasteiger partial charge in [0.15, 0.2) is 15.0 Å². The molecule has 0 radical (unpaired) electrons. The minimum Gasteiger partial charge on any atom is -0.316 e. The van der Waals surface area contributed by atoms with Crippen LogP contribution in [-0.4, -0.2) is 42.3 Å². The molecular formula is C21H28N2O3S2. The lowest BCUT2D eigenvalue weighted by molar-refractivity contribution is -0.118. The van der Waals surface area contributed by atoms with Gasteiger partial charge in [0.25, 0.3) is 0 Å². The third-order valence-electron chi connectivity index (χ3n) is 6.30. The average Bonchev–Trinajstić information content (AvgIpc) is 3.30. The zero-order valence-corrected chi connectivity index (χ0v) is 18.2. The number of nitrogens with zero attached hydrogens (tertiary/aromatic N) is 2. The number of hydrogen-bond acceptors (Lipinski definition) is 4. The van der Waals surface area contributed by atoms with Crippen LogP contribution in [0.4, 0.5) is 5.69 Å². The summed E-state index contributed by atoms with van der Waals surface area (Å²) in [7, 11) is -3.04. The third-order valence-corrected chi connectivity index (χ3v) is 9.51. The van der Waals surface area contributed by atoms with Crippen LogP contribution in [0.1, 0.15) is 49.7 Å². The van der Waals surface area contributed by atoms with E-state index in [-0.39, 0.29) is 28.7 Å². The van der Waals surface area contributed by atoms with E-state index in [4.69, 9.17) is 0 Å². The SMILES string of the molecule is Cc1ccc(N2C(=NC(=O)CCC3CCCC3)S[C@@H]3CS(=O)(=O)C[C@H]32)cc1C. The van der Waals surface area contributed by atoms with Gasteiger partial charge in [0.1, 0.15) is 0 Å². The Kier molecular flexibility index (Phi) is 5.58. The topological polar surface area (TPSA) is 66.8 Å². The molecule has 4 rings (SSSR count). The van der Waals surface area contributed by atoms with Gasteiger partial charge < -0.3 is 4.90 Å². The number of sulfone groups is 1. The number of thioether (sulfide) groups is 1. The zero-order chi connectivity index (χ0) is 19.9. The van der Waals surface area contributed by atoms with E-state index in [1.54, 1.807) is 0 Å². The van der Waals surface area contributed by atoms with Crippen LogP contribution in [0.2, 0.25) is 0 Å². The Morgan fingerprint density at radius 3 is 2.64 bits per heavy atom. The minimum absolute atomic E-state index is 0.0482. The molecule has 2 heterocycles. The third kappa shape index (κ3) is 4.15. The van der Waals surface area contributed by atoms with Crippen molar-refractivity contribution >= 4 is 38.4 Å². The van der Waals surface area contributed by atoms with E-state index >= 15 is 0 Å². The van der Waals surface area contributed by atoms with Crippen molar-refractivity contribution in [3.8, 4) is 0 Å². The first-order chi connectivity index (χ1) is 13.3. The average molecular weight is 421 g/mol. The number of hydrogen-bond donors (Lipinski definition) is 0. The fraction of sp³-hybridized carbons (Fsp3) is 0.619. The van der Waals surface area contributed by atoms with Crippen molar-refractivity contribution in [3.05, 3.63) is 29.3 Å². The van der Waals surface area contributed by atoms with Gasteiger partial charge in [-0.15, -0.1) is 0 Å². The molecular weight excluding hydrogens is 392 g/mol. The predicted molar refractivity (Wildman–Crippen MR) is 116 cm³/mol. The highest BCUT2D eigenvalue weighted by atomic mass is 32.2. The molecule has 28 heavy (non-hydrogen) atoms. The predicted octanol–water partition coefficient (Wildman–Crippen LogP) is 3.88. The van der Waals surface area contributed by atoms with Crippen LogP contribution in [0.3, 0.4) is 0 Å². The molecule has 152 valence electrons. The highest BCUT2D eigenvalue weighted by molar-refractivity contribution is 8.16. The highest BCUT2D eigenvalue weighted by Crippen LogP contribution is 2.41. The van der Waals surface area contributed by atoms with Crippen molar-refractivity contribution in [1.29, 1.82) is 0 Å². The summed E-state index contributed by atoms with van der Waals surface area (Å²) in [5.74, 6) is 0.887. The maximum absolute atomic E-state index is 12.6. The van der Waals surface area contributed by atoms with Gasteiger partial charge in [-0.2, -0.15) is 4.99 Å². The van der Waals surface area contributed by atoms with Crippen LogP contribution < -0.4 is 4.90 Å². The normalized spacial score (nSPS) is 28.2. The smallest absolute Gasteiger partial charge is 0.248 e. The molecule has 0 aromatic heterocycles. The number of aryl methyl sites for hydroxylation is 2. The van der Waals surface area contributed by atoms with Gasteiger partial charge in [0.05, 0.1) is 17.5 Å². The standard InChI is InChI=1S/C21H28N2O3S2/c1-14-7-9-17(11-15(14)2)23-18-12-28(25,26)13-19(18)27-21(23)22-20(24)10-8-16-5-3-4-6-16/h7,9,11,16,18-19H,3-6,8,10,12-13H2,1-2H3/t18-,19-/m1/s1. The van der Waals surface area contributed by atoms with E-state index in [2.05, 4.69) is 24.9 Å². The van der Waals surface area contributed by atoms with Crippen molar-refractivity contribution in [3.63, 3.8) is 0 Å². The summed E-state index contributed by atoms with van der Waals surface area (Å²) < 4.78 is 24.3. The Balaban J connectivity index is 1.57. The molecule has 1 saturated carbocycles. The number of amidine groups is 1. The Hall–Kier alpha value is -1.34. The molecule has 1 aliphatic carbocycles. The van der Waals surface area contributed by atoms with E-state index in [0.717, 1.165) is 17.7 Å². The number of carbonyl (C=O) groups excluding carboxylic acids is 1. The first-order valence-electron chi connectivity index (χ1n) is 10.2. The van der Waals surface area contributed by atoms with Crippen molar-refractivity contribution in [2.45, 2.75) is 63.7 Å². The zero-order valence-electron chi connectivity index (χ0n) is 16.6. The van der Waals surface area contributed by atoms with Gasteiger partial charge in [0.2, 0.25) is 5.91 Å². The largest absolute Gasteiger partial charge is 0.316 e. The van der Waals surface area contributed by atoms with Gasteiger partial charge >= 0.3 is 0 Å². The van der Waals surface area contributed by atoms with Gasteiger partial charge in [0, 0.05) is 17.4 Å². The summed E-state index contributed by atoms with van der Waals surface area (Å²) in [6.07, 6.45) is 6.43. The molecule has 1 aromatic carbocycles. The maximum atomic E-state index is 12.6. The number of aliphatic imine (C=N–C) groups is 1. The van der Waals surface area contributed by atoms with E-state index < -0.39 is 9.84 Å². The number of carbonyl (C=O) groups is 1. The molecule has 7 heteroatoms. The van der Waals surface area contributed by atoms with Crippen molar-refractivity contribution in [1.82, 2.24) is 0 Å². The first kappa shape index (κ1) is 20.0. The Bertz CT molecular complexity index is 904. The Morgan fingerprint density at radius 2 is 1.93 bits per heavy atom. The van der Waals surface area contributed by atoms with Crippen LogP contribution in [0, 0.1) is 19.8 Å². The van der Waals surface area contributed by atoms with E-state index in [1.807, 2.05) is 17.0 Å². The summed E-state index contributed by atoms with van der Waals surface area (Å²) in [6, 6.07) is 5.99. The molecule has 0 unspecified atom stereocenters. The Labute approximate surface area is 171 Å². The van der Waals surface area contributed by atoms with Crippen LogP contribution in [0.15, 0.2) is 23.2 Å². The van der Waals surface area contributed by atoms with E-state index in [9.17, 15) is 13.2 Å². The van der Waals surface area contributed by atoms with Gasteiger partial charge in [-0.1, -0.05) is 43.5 Å². The number of benzene rings is 1. The molecule has 3 aliphatic rings. The summed E-state index contributed by atoms with van der Waals surface area (Å²) in [5.41, 5.74) is 3.28. The van der Waals surface area contributed by atoms with Crippen molar-refractivity contribution in [2.24, 2.45) is 10.9 Å². The molecule has 5 nitrogen and oxygen atoms in total. The number of rotatable bonds is 4. The van der Waals surface area contributed by atoms with Crippen molar-refractivity contribution < 1.29 is 13.2 Å². The van der Waals surface area contributed by atoms with Crippen LogP contribution >= 0.6 is 11.8 Å². The van der Waals surface area contributed by atoms with Gasteiger partial charge in [-0.3, -0.25) is 4.79 Å². The lowest BCUT2D eigenvalue weighted by Gasteiger charge is -2.25. The second-order valence-electron chi connectivity index (χ2n) is 8.42. The fourth-order valence-corrected chi connectivity index (χ4v) is 8.46. The van der Waals surface area contributed by atoms with Crippen LogP contribution in [-0.2, 0) is 14.6 Å². The minimum atomic E-state index is -3.04. The van der Waals surface area contributed by atoms with E-state index in [1.165, 1.54) is 43.0 Å².